The van der Waals surface area contributed by atoms with E-state index in [1.807, 2.05) is 0 Å². The van der Waals surface area contributed by atoms with Gasteiger partial charge in [-0.1, -0.05) is 176 Å². The second-order valence-corrected chi connectivity index (χ2v) is 18.1. The molecule has 0 saturated carbocycles. The highest BCUT2D eigenvalue weighted by atomic mass is 15.0. The van der Waals surface area contributed by atoms with Crippen molar-refractivity contribution in [2.24, 2.45) is 0 Å². The summed E-state index contributed by atoms with van der Waals surface area (Å²) in [4.78, 5) is 0. The number of nitrogens with zero attached hydrogens (tertiary/aromatic N) is 3. The van der Waals surface area contributed by atoms with Gasteiger partial charge in [-0.15, -0.1) is 0 Å². The maximum Gasteiger partial charge on any atom is 0.0562 e. The summed E-state index contributed by atoms with van der Waals surface area (Å²) in [6.45, 7) is 0. The lowest BCUT2D eigenvalue weighted by Crippen LogP contribution is -1.96. The standard InChI is InChI=1S/C66H43N3/c1-4-15-44(16-5-1)47-27-33-52(34-28-47)67-61-25-12-11-24-56(61)59-42-60-58-41-51(32-38-64(58)68(66(60)43-65(59)67)53-35-29-48(30-36-53)45-17-6-2-7-18-45)50-31-37-63-57(40-50)55-23-10-13-26-62(55)69(63)54-22-14-21-49(39-54)46-19-8-3-9-20-46/h1-43H. The first-order valence-electron chi connectivity index (χ1n) is 23.7. The Morgan fingerprint density at radius 1 is 0.159 bits per heavy atom. The van der Waals surface area contributed by atoms with Gasteiger partial charge in [0.15, 0.2) is 0 Å². The molecule has 69 heavy (non-hydrogen) atoms. The second kappa shape index (κ2) is 15.7. The molecule has 3 heteroatoms. The zero-order valence-electron chi connectivity index (χ0n) is 37.7. The van der Waals surface area contributed by atoms with E-state index in [-0.39, 0.29) is 0 Å². The van der Waals surface area contributed by atoms with Crippen LogP contribution in [0.5, 0.6) is 0 Å². The van der Waals surface area contributed by atoms with Gasteiger partial charge in [0, 0.05) is 49.4 Å². The summed E-state index contributed by atoms with van der Waals surface area (Å²) in [6.07, 6.45) is 0. The zero-order valence-corrected chi connectivity index (χ0v) is 37.7. The average Bonchev–Trinajstić information content (AvgIpc) is 4.05. The zero-order chi connectivity index (χ0) is 45.4. The lowest BCUT2D eigenvalue weighted by atomic mass is 10.00. The quantitative estimate of drug-likeness (QED) is 0.152. The molecule has 3 nitrogen and oxygen atoms in total. The smallest absolute Gasteiger partial charge is 0.0562 e. The molecular formula is C66H43N3. The number of rotatable bonds is 7. The number of hydrogen-bond acceptors (Lipinski definition) is 0. The topological polar surface area (TPSA) is 14.8 Å². The molecule has 14 aromatic rings. The maximum absolute atomic E-state index is 2.46. The number of benzene rings is 11. The monoisotopic (exact) mass is 877 g/mol. The predicted octanol–water partition coefficient (Wildman–Crippen LogP) is 17.6. The van der Waals surface area contributed by atoms with Crippen molar-refractivity contribution >= 4 is 65.4 Å². The minimum absolute atomic E-state index is 1.13. The van der Waals surface area contributed by atoms with Crippen LogP contribution in [-0.2, 0) is 0 Å². The van der Waals surface area contributed by atoms with Crippen LogP contribution in [0.4, 0.5) is 0 Å². The largest absolute Gasteiger partial charge is 0.309 e. The minimum Gasteiger partial charge on any atom is -0.309 e. The summed E-state index contributed by atoms with van der Waals surface area (Å²) in [6, 6.07) is 95.5. The van der Waals surface area contributed by atoms with Gasteiger partial charge in [-0.05, 0) is 129 Å². The first-order chi connectivity index (χ1) is 34.2. The number of fused-ring (bicyclic) bond motifs is 9. The Morgan fingerprint density at radius 2 is 0.493 bits per heavy atom. The molecule has 3 aromatic heterocycles. The lowest BCUT2D eigenvalue weighted by molar-refractivity contribution is 1.16. The third-order valence-corrected chi connectivity index (χ3v) is 14.2. The molecule has 0 aliphatic carbocycles. The van der Waals surface area contributed by atoms with Crippen LogP contribution >= 0.6 is 0 Å². The van der Waals surface area contributed by atoms with Crippen LogP contribution in [0.2, 0.25) is 0 Å². The van der Waals surface area contributed by atoms with Crippen LogP contribution < -0.4 is 0 Å². The van der Waals surface area contributed by atoms with Gasteiger partial charge in [0.2, 0.25) is 0 Å². The van der Waals surface area contributed by atoms with Crippen molar-refractivity contribution in [2.45, 2.75) is 0 Å². The van der Waals surface area contributed by atoms with Gasteiger partial charge in [0.1, 0.15) is 0 Å². The molecule has 0 spiro atoms. The van der Waals surface area contributed by atoms with Crippen LogP contribution in [-0.4, -0.2) is 13.7 Å². The van der Waals surface area contributed by atoms with Crippen molar-refractivity contribution < 1.29 is 0 Å². The Labute approximate surface area is 399 Å². The number of hydrogen-bond donors (Lipinski definition) is 0. The van der Waals surface area contributed by atoms with E-state index in [0.29, 0.717) is 0 Å². The molecule has 0 aliphatic heterocycles. The molecule has 14 rings (SSSR count). The molecule has 0 unspecified atom stereocenters. The minimum atomic E-state index is 1.13. The summed E-state index contributed by atoms with van der Waals surface area (Å²) >= 11 is 0. The molecule has 322 valence electrons. The Balaban J connectivity index is 0.965. The Bertz CT molecular complexity index is 4250. The highest BCUT2D eigenvalue weighted by Gasteiger charge is 2.20. The SMILES string of the molecule is c1ccc(-c2ccc(-n3c4ccccc4c4cc5c6cc(-c7ccc8c(c7)c7ccccc7n8-c7cccc(-c8ccccc8)c7)ccc6n(-c6ccc(-c7ccccc7)cc6)c5cc43)cc2)cc1. The Hall–Kier alpha value is -9.18. The van der Waals surface area contributed by atoms with Crippen molar-refractivity contribution in [1.29, 1.82) is 0 Å². The maximum atomic E-state index is 2.46. The van der Waals surface area contributed by atoms with Crippen LogP contribution in [0.3, 0.4) is 0 Å². The molecule has 0 N–H and O–H groups in total. The van der Waals surface area contributed by atoms with Crippen molar-refractivity contribution in [1.82, 2.24) is 13.7 Å². The van der Waals surface area contributed by atoms with E-state index in [1.165, 1.54) is 110 Å². The van der Waals surface area contributed by atoms with Crippen molar-refractivity contribution in [2.75, 3.05) is 0 Å². The summed E-state index contributed by atoms with van der Waals surface area (Å²) in [5.41, 5.74) is 20.1. The Kier molecular flexibility index (Phi) is 8.90. The second-order valence-electron chi connectivity index (χ2n) is 18.1. The van der Waals surface area contributed by atoms with E-state index >= 15 is 0 Å². The van der Waals surface area contributed by atoms with E-state index in [0.717, 1.165) is 17.1 Å². The van der Waals surface area contributed by atoms with Gasteiger partial charge in [-0.2, -0.15) is 0 Å². The molecule has 11 aromatic carbocycles. The summed E-state index contributed by atoms with van der Waals surface area (Å²) in [7, 11) is 0. The molecule has 0 radical (unpaired) electrons. The fourth-order valence-corrected chi connectivity index (χ4v) is 11.0. The summed E-state index contributed by atoms with van der Waals surface area (Å²) < 4.78 is 7.32. The predicted molar refractivity (Wildman–Crippen MR) is 291 cm³/mol. The van der Waals surface area contributed by atoms with Gasteiger partial charge in [0.05, 0.1) is 33.1 Å². The molecule has 0 atom stereocenters. The normalized spacial score (nSPS) is 11.8. The van der Waals surface area contributed by atoms with Crippen molar-refractivity contribution in [3.63, 3.8) is 0 Å². The average molecular weight is 878 g/mol. The molecule has 3 heterocycles. The molecule has 0 fully saturated rings. The van der Waals surface area contributed by atoms with Crippen LogP contribution in [0.25, 0.3) is 127 Å². The first kappa shape index (κ1) is 39.0. The lowest BCUT2D eigenvalue weighted by Gasteiger charge is -2.12. The highest BCUT2D eigenvalue weighted by Crippen LogP contribution is 2.42. The Morgan fingerprint density at radius 3 is 1.00 bits per heavy atom. The van der Waals surface area contributed by atoms with E-state index in [2.05, 4.69) is 275 Å². The van der Waals surface area contributed by atoms with Crippen molar-refractivity contribution in [3.8, 4) is 61.6 Å². The number of aromatic nitrogens is 3. The van der Waals surface area contributed by atoms with Crippen LogP contribution in [0.1, 0.15) is 0 Å². The summed E-state index contributed by atoms with van der Waals surface area (Å²) in [5, 5.41) is 7.40. The molecule has 0 amide bonds. The molecule has 0 bridgehead atoms. The fourth-order valence-electron chi connectivity index (χ4n) is 11.0. The van der Waals surface area contributed by atoms with E-state index < -0.39 is 0 Å². The third-order valence-electron chi connectivity index (χ3n) is 14.2. The fraction of sp³-hybridized carbons (Fsp3) is 0. The molecular weight excluding hydrogens is 835 g/mol. The van der Waals surface area contributed by atoms with Gasteiger partial charge in [-0.25, -0.2) is 0 Å². The van der Waals surface area contributed by atoms with Crippen LogP contribution in [0.15, 0.2) is 261 Å². The van der Waals surface area contributed by atoms with Crippen molar-refractivity contribution in [3.05, 3.63) is 261 Å². The summed E-state index contributed by atoms with van der Waals surface area (Å²) in [5.74, 6) is 0. The van der Waals surface area contributed by atoms with E-state index in [9.17, 15) is 0 Å². The van der Waals surface area contributed by atoms with E-state index in [1.54, 1.807) is 0 Å². The molecule has 0 aliphatic rings. The first-order valence-corrected chi connectivity index (χ1v) is 23.7. The van der Waals surface area contributed by atoms with E-state index in [4.69, 9.17) is 0 Å². The molecule has 0 saturated heterocycles. The highest BCUT2D eigenvalue weighted by molar-refractivity contribution is 6.20. The third kappa shape index (κ3) is 6.36. The van der Waals surface area contributed by atoms with Gasteiger partial charge >= 0.3 is 0 Å². The number of para-hydroxylation sites is 2. The van der Waals surface area contributed by atoms with Gasteiger partial charge < -0.3 is 13.7 Å². The van der Waals surface area contributed by atoms with Gasteiger partial charge in [0.25, 0.3) is 0 Å². The van der Waals surface area contributed by atoms with Gasteiger partial charge in [-0.3, -0.25) is 0 Å². The van der Waals surface area contributed by atoms with Crippen LogP contribution in [0, 0.1) is 0 Å².